The van der Waals surface area contributed by atoms with E-state index in [4.69, 9.17) is 9.51 Å². The Bertz CT molecular complexity index is 1070. The second-order valence-corrected chi connectivity index (χ2v) is 7.82. The summed E-state index contributed by atoms with van der Waals surface area (Å²) in [6.07, 6.45) is 5.39. The van der Waals surface area contributed by atoms with E-state index in [2.05, 4.69) is 62.5 Å². The molecule has 0 saturated heterocycles. The normalized spacial score (nSPS) is 16.5. The van der Waals surface area contributed by atoms with Gasteiger partial charge in [0.15, 0.2) is 5.82 Å². The van der Waals surface area contributed by atoms with Gasteiger partial charge in [0.2, 0.25) is 5.89 Å². The SMILES string of the molecule is c1ccc(CCCN2Cc3[nH]cnc3C[C@H]2c2nc(Cc3ccccc3)no2)cc1. The molecule has 1 aliphatic rings. The van der Waals surface area contributed by atoms with Crippen LogP contribution in [0, 0.1) is 0 Å². The van der Waals surface area contributed by atoms with E-state index in [-0.39, 0.29) is 6.04 Å². The summed E-state index contributed by atoms with van der Waals surface area (Å²) in [7, 11) is 0. The molecule has 6 nitrogen and oxygen atoms in total. The van der Waals surface area contributed by atoms with Crippen LogP contribution in [0.5, 0.6) is 0 Å². The van der Waals surface area contributed by atoms with Crippen LogP contribution in [-0.4, -0.2) is 31.6 Å². The van der Waals surface area contributed by atoms with Crippen molar-refractivity contribution in [3.05, 3.63) is 101 Å². The molecule has 2 aromatic carbocycles. The van der Waals surface area contributed by atoms with E-state index in [1.165, 1.54) is 16.8 Å². The standard InChI is InChI=1S/C24H25N5O/c1-3-8-18(9-4-1)12-7-13-29-16-21-20(25-17-26-21)15-22(29)24-27-23(28-30-24)14-19-10-5-2-6-11-19/h1-6,8-11,17,22H,7,12-16H2,(H,25,26)/t22-/m0/s1. The van der Waals surface area contributed by atoms with Crippen molar-refractivity contribution in [3.63, 3.8) is 0 Å². The first-order chi connectivity index (χ1) is 14.8. The summed E-state index contributed by atoms with van der Waals surface area (Å²) < 4.78 is 5.72. The highest BCUT2D eigenvalue weighted by molar-refractivity contribution is 5.21. The maximum Gasteiger partial charge on any atom is 0.244 e. The average molecular weight is 399 g/mol. The predicted molar refractivity (Wildman–Crippen MR) is 114 cm³/mol. The molecule has 0 amide bonds. The molecule has 1 atom stereocenters. The number of fused-ring (bicyclic) bond motifs is 1. The minimum atomic E-state index is 0.0635. The highest BCUT2D eigenvalue weighted by atomic mass is 16.5. The quantitative estimate of drug-likeness (QED) is 0.506. The molecule has 0 aliphatic carbocycles. The van der Waals surface area contributed by atoms with Gasteiger partial charge in [-0.05, 0) is 30.5 Å². The van der Waals surface area contributed by atoms with Gasteiger partial charge in [0.25, 0.3) is 0 Å². The molecule has 0 spiro atoms. The number of aryl methyl sites for hydroxylation is 1. The van der Waals surface area contributed by atoms with Crippen LogP contribution in [0.3, 0.4) is 0 Å². The number of H-pyrrole nitrogens is 1. The van der Waals surface area contributed by atoms with Crippen LogP contribution in [0.15, 0.2) is 71.5 Å². The molecule has 5 rings (SSSR count). The highest BCUT2D eigenvalue weighted by Gasteiger charge is 2.32. The van der Waals surface area contributed by atoms with Gasteiger partial charge in [0, 0.05) is 19.4 Å². The molecular weight excluding hydrogens is 374 g/mol. The van der Waals surface area contributed by atoms with Crippen LogP contribution in [0.1, 0.15) is 46.7 Å². The maximum absolute atomic E-state index is 5.72. The van der Waals surface area contributed by atoms with Gasteiger partial charge in [-0.3, -0.25) is 4.90 Å². The lowest BCUT2D eigenvalue weighted by Gasteiger charge is -2.32. The number of hydrogen-bond donors (Lipinski definition) is 1. The second-order valence-electron chi connectivity index (χ2n) is 7.82. The van der Waals surface area contributed by atoms with E-state index in [9.17, 15) is 0 Å². The maximum atomic E-state index is 5.72. The molecule has 1 aliphatic heterocycles. The minimum Gasteiger partial charge on any atom is -0.347 e. The van der Waals surface area contributed by atoms with Gasteiger partial charge in [-0.1, -0.05) is 65.8 Å². The van der Waals surface area contributed by atoms with Gasteiger partial charge in [0.1, 0.15) is 0 Å². The van der Waals surface area contributed by atoms with Crippen LogP contribution >= 0.6 is 0 Å². The number of aromatic amines is 1. The summed E-state index contributed by atoms with van der Waals surface area (Å²) in [6.45, 7) is 1.79. The third kappa shape index (κ3) is 4.19. The lowest BCUT2D eigenvalue weighted by Crippen LogP contribution is -2.35. The van der Waals surface area contributed by atoms with Crippen LogP contribution in [0.4, 0.5) is 0 Å². The first kappa shape index (κ1) is 18.8. The van der Waals surface area contributed by atoms with Crippen LogP contribution in [-0.2, 0) is 25.8 Å². The number of nitrogens with one attached hydrogen (secondary N) is 1. The molecule has 0 radical (unpaired) electrons. The Hall–Kier alpha value is -3.25. The smallest absolute Gasteiger partial charge is 0.244 e. The lowest BCUT2D eigenvalue weighted by molar-refractivity contribution is 0.134. The van der Waals surface area contributed by atoms with Crippen molar-refractivity contribution in [1.82, 2.24) is 25.0 Å². The first-order valence-corrected chi connectivity index (χ1v) is 10.5. The number of benzene rings is 2. The average Bonchev–Trinajstić information content (AvgIpc) is 3.44. The van der Waals surface area contributed by atoms with Crippen molar-refractivity contribution in [3.8, 4) is 0 Å². The van der Waals surface area contributed by atoms with Crippen molar-refractivity contribution in [1.29, 1.82) is 0 Å². The Morgan fingerprint density at radius 1 is 1.00 bits per heavy atom. The topological polar surface area (TPSA) is 70.8 Å². The van der Waals surface area contributed by atoms with E-state index >= 15 is 0 Å². The first-order valence-electron chi connectivity index (χ1n) is 10.5. The third-order valence-corrected chi connectivity index (χ3v) is 5.72. The Labute approximate surface area is 176 Å². The highest BCUT2D eigenvalue weighted by Crippen LogP contribution is 2.31. The van der Waals surface area contributed by atoms with Gasteiger partial charge < -0.3 is 9.51 Å². The number of rotatable bonds is 7. The molecule has 0 unspecified atom stereocenters. The van der Waals surface area contributed by atoms with Gasteiger partial charge >= 0.3 is 0 Å². The van der Waals surface area contributed by atoms with Gasteiger partial charge in [-0.15, -0.1) is 0 Å². The van der Waals surface area contributed by atoms with Crippen LogP contribution in [0.25, 0.3) is 0 Å². The van der Waals surface area contributed by atoms with Gasteiger partial charge in [-0.2, -0.15) is 4.98 Å². The van der Waals surface area contributed by atoms with Gasteiger partial charge in [0.05, 0.1) is 23.8 Å². The molecule has 152 valence electrons. The van der Waals surface area contributed by atoms with Crippen LogP contribution in [0.2, 0.25) is 0 Å². The number of imidazole rings is 1. The summed E-state index contributed by atoms with van der Waals surface area (Å²) in [6, 6.07) is 21.0. The summed E-state index contributed by atoms with van der Waals surface area (Å²) in [4.78, 5) is 15.0. The molecule has 3 heterocycles. The fourth-order valence-electron chi connectivity index (χ4n) is 4.15. The summed E-state index contributed by atoms with van der Waals surface area (Å²) in [5.74, 6) is 1.42. The fraction of sp³-hybridized carbons (Fsp3) is 0.292. The van der Waals surface area contributed by atoms with E-state index < -0.39 is 0 Å². The number of aromatic nitrogens is 4. The minimum absolute atomic E-state index is 0.0635. The van der Waals surface area contributed by atoms with Crippen LogP contribution < -0.4 is 0 Å². The van der Waals surface area contributed by atoms with Crippen molar-refractivity contribution in [2.75, 3.05) is 6.54 Å². The largest absolute Gasteiger partial charge is 0.347 e. The Balaban J connectivity index is 1.31. The van der Waals surface area contributed by atoms with E-state index in [1.807, 2.05) is 18.2 Å². The molecule has 0 bridgehead atoms. The summed E-state index contributed by atoms with van der Waals surface area (Å²) in [5.41, 5.74) is 4.84. The van der Waals surface area contributed by atoms with E-state index in [0.717, 1.165) is 43.9 Å². The van der Waals surface area contributed by atoms with E-state index in [1.54, 1.807) is 6.33 Å². The molecule has 4 aromatic rings. The predicted octanol–water partition coefficient (Wildman–Crippen LogP) is 4.12. The molecular formula is C24H25N5O. The Morgan fingerprint density at radius 2 is 1.77 bits per heavy atom. The van der Waals surface area contributed by atoms with Crippen molar-refractivity contribution >= 4 is 0 Å². The van der Waals surface area contributed by atoms with Gasteiger partial charge in [-0.25, -0.2) is 4.98 Å². The number of nitrogens with zero attached hydrogens (tertiary/aromatic N) is 4. The van der Waals surface area contributed by atoms with E-state index in [0.29, 0.717) is 12.3 Å². The zero-order valence-corrected chi connectivity index (χ0v) is 16.9. The summed E-state index contributed by atoms with van der Waals surface area (Å²) >= 11 is 0. The number of hydrogen-bond acceptors (Lipinski definition) is 5. The zero-order chi connectivity index (χ0) is 20.2. The summed E-state index contributed by atoms with van der Waals surface area (Å²) in [5, 5.41) is 4.25. The monoisotopic (exact) mass is 399 g/mol. The van der Waals surface area contributed by atoms with Crippen molar-refractivity contribution in [2.24, 2.45) is 0 Å². The molecule has 0 saturated carbocycles. The Kier molecular flexibility index (Phi) is 5.40. The van der Waals surface area contributed by atoms with Crippen molar-refractivity contribution < 1.29 is 4.52 Å². The third-order valence-electron chi connectivity index (χ3n) is 5.72. The molecule has 2 aromatic heterocycles. The molecule has 0 fully saturated rings. The zero-order valence-electron chi connectivity index (χ0n) is 16.9. The van der Waals surface area contributed by atoms with Crippen molar-refractivity contribution in [2.45, 2.75) is 38.3 Å². The fourth-order valence-corrected chi connectivity index (χ4v) is 4.15. The lowest BCUT2D eigenvalue weighted by atomic mass is 10.0. The Morgan fingerprint density at radius 3 is 2.57 bits per heavy atom. The molecule has 1 N–H and O–H groups in total. The molecule has 30 heavy (non-hydrogen) atoms. The molecule has 6 heteroatoms. The second kappa shape index (κ2) is 8.63.